The number of aliphatic hydroxyl groups is 2. The first-order chi connectivity index (χ1) is 56.1. The highest BCUT2D eigenvalue weighted by Crippen LogP contribution is 2.44. The van der Waals surface area contributed by atoms with E-state index in [-0.39, 0.29) is 113 Å². The minimum Gasteiger partial charge on any atom is -0.480 e. The van der Waals surface area contributed by atoms with Crippen molar-refractivity contribution in [2.45, 2.75) is 203 Å². The normalized spacial score (nSPS) is 13.0. The van der Waals surface area contributed by atoms with Gasteiger partial charge in [-0.25, -0.2) is 9.59 Å². The van der Waals surface area contributed by atoms with E-state index in [2.05, 4.69) is 54.7 Å². The Morgan fingerprint density at radius 2 is 0.792 bits per heavy atom. The Labute approximate surface area is 704 Å². The standard InChI is InChI=1S/C22H34N2O6.C22H25NO5.C13H26N2O4.C9H16N2O6.C9H20N2O2.C7H14N2O4/c1-6-23-21(27)18(16-30-22(3,4)5)24(13-19(25)28-7-2)14-20(26)29-15-17-11-9-8-10-12-17;1-22(2,3)28-13-19(20(24)25)23-21(26)27-12-18-16-10-6-4-8-14(16)15-9-5-7-11-17(15)18;1-6-14-12(17)10(9-19-13(3,4)5)15-8-11(16)18-7-2;1-2-10-9(17)6(5-12)11(3-7(13)14)4-8(15)16;1-5-11-8(12)7(10)6-13-9(2,3)4;1-2-8-7(13)5(4-10)9-3-6(11)12/h8-12,18H,6-7,13-16H2,1-5H3,(H,23,27);4-11,18-19H,12-13H2,1-3H3,(H,23,26)(H,24,25);10,15H,6-9H2,1-5H3,(H,14,17);6,12H,2-5H2,1H3,(H,10,17)(H,13,14)(H,15,16);7H,5-6,10H2,1-4H3,(H,11,12);5,9-10H,2-4H2,1H3,(H,8,13)(H,11,12). The van der Waals surface area contributed by atoms with Gasteiger partial charge in [-0.15, -0.1) is 0 Å². The van der Waals surface area contributed by atoms with Crippen molar-refractivity contribution in [1.29, 1.82) is 0 Å². The molecule has 38 heteroatoms. The van der Waals surface area contributed by atoms with Crippen LogP contribution in [0.25, 0.3) is 11.1 Å². The third-order valence-electron chi connectivity index (χ3n) is 15.4. The molecule has 0 radical (unpaired) electrons. The zero-order valence-corrected chi connectivity index (χ0v) is 73.1. The molecule has 3 aromatic carbocycles. The molecule has 0 saturated heterocycles. The predicted octanol–water partition coefficient (Wildman–Crippen LogP) is 2.54. The number of rotatable bonds is 44. The summed E-state index contributed by atoms with van der Waals surface area (Å²) in [7, 11) is 0. The number of esters is 3. The molecule has 1 aliphatic rings. The van der Waals surface area contributed by atoms with E-state index in [9.17, 15) is 67.4 Å². The number of aliphatic hydroxyl groups excluding tert-OH is 2. The zero-order valence-electron chi connectivity index (χ0n) is 73.1. The lowest BCUT2D eigenvalue weighted by Crippen LogP contribution is -2.53. The summed E-state index contributed by atoms with van der Waals surface area (Å²) >= 11 is 0. The number of ether oxygens (including phenoxy) is 8. The van der Waals surface area contributed by atoms with Crippen LogP contribution in [0.1, 0.15) is 154 Å². The largest absolute Gasteiger partial charge is 0.480 e. The minimum absolute atomic E-state index is 0.0108. The van der Waals surface area contributed by atoms with Crippen molar-refractivity contribution < 1.29 is 131 Å². The molecule has 1 aliphatic carbocycles. The van der Waals surface area contributed by atoms with Crippen molar-refractivity contribution in [3.63, 3.8) is 0 Å². The van der Waals surface area contributed by atoms with Crippen LogP contribution in [0, 0.1) is 0 Å². The summed E-state index contributed by atoms with van der Waals surface area (Å²) in [5, 5.41) is 73.1. The predicted molar refractivity (Wildman–Crippen MR) is 445 cm³/mol. The van der Waals surface area contributed by atoms with Gasteiger partial charge in [-0.1, -0.05) is 78.9 Å². The van der Waals surface area contributed by atoms with Crippen molar-refractivity contribution in [3.05, 3.63) is 95.6 Å². The van der Waals surface area contributed by atoms with E-state index in [1.807, 2.05) is 164 Å². The number of benzene rings is 3. The van der Waals surface area contributed by atoms with Gasteiger partial charge < -0.3 is 106 Å². The van der Waals surface area contributed by atoms with Crippen LogP contribution in [-0.4, -0.2) is 308 Å². The average Bonchev–Trinajstić information content (AvgIpc) is 1.62. The van der Waals surface area contributed by atoms with E-state index in [0.717, 1.165) is 32.7 Å². The van der Waals surface area contributed by atoms with Crippen molar-refractivity contribution in [2.24, 2.45) is 5.73 Å². The highest BCUT2D eigenvalue weighted by atomic mass is 16.6. The van der Waals surface area contributed by atoms with Crippen LogP contribution in [0.3, 0.4) is 0 Å². The first-order valence-corrected chi connectivity index (χ1v) is 39.5. The number of hydrogen-bond acceptors (Lipinski definition) is 28. The number of carbonyl (C=O) groups excluding carboxylic acids is 9. The Morgan fingerprint density at radius 3 is 1.22 bits per heavy atom. The molecule has 0 heterocycles. The van der Waals surface area contributed by atoms with Crippen molar-refractivity contribution in [3.8, 4) is 11.1 Å². The smallest absolute Gasteiger partial charge is 0.407 e. The van der Waals surface area contributed by atoms with E-state index in [1.165, 1.54) is 4.90 Å². The number of alkyl carbamates (subject to hydrolysis) is 1. The second-order valence-electron chi connectivity index (χ2n) is 30.1. The number of fused-ring (bicyclic) bond motifs is 3. The van der Waals surface area contributed by atoms with Gasteiger partial charge in [0.05, 0.1) is 115 Å². The van der Waals surface area contributed by atoms with E-state index in [0.29, 0.717) is 39.3 Å². The Balaban J connectivity index is 0. The number of nitrogens with zero attached hydrogens (tertiary/aromatic N) is 2. The number of aliphatic carboxylic acids is 4. The quantitative estimate of drug-likeness (QED) is 0.0286. The second-order valence-corrected chi connectivity index (χ2v) is 30.1. The van der Waals surface area contributed by atoms with Crippen LogP contribution in [0.15, 0.2) is 78.9 Å². The van der Waals surface area contributed by atoms with Gasteiger partial charge in [0.1, 0.15) is 43.4 Å². The summed E-state index contributed by atoms with van der Waals surface area (Å²) in [5.41, 5.74) is 9.31. The van der Waals surface area contributed by atoms with E-state index in [4.69, 9.17) is 69.2 Å². The first-order valence-electron chi connectivity index (χ1n) is 39.5. The fourth-order valence-electron chi connectivity index (χ4n) is 9.88. The van der Waals surface area contributed by atoms with E-state index >= 15 is 0 Å². The molecule has 120 heavy (non-hydrogen) atoms. The van der Waals surface area contributed by atoms with Crippen LogP contribution in [0.2, 0.25) is 0 Å². The number of carbonyl (C=O) groups is 13. The van der Waals surface area contributed by atoms with Crippen LogP contribution in [0.4, 0.5) is 4.79 Å². The number of nitrogens with one attached hydrogen (secondary N) is 8. The molecule has 38 nitrogen and oxygen atoms in total. The maximum atomic E-state index is 12.7. The molecule has 16 N–H and O–H groups in total. The fraction of sp³-hybridized carbons (Fsp3) is 0.622. The summed E-state index contributed by atoms with van der Waals surface area (Å²) in [6.45, 7) is 35.1. The summed E-state index contributed by atoms with van der Waals surface area (Å²) in [6, 6.07) is 20.1. The number of likely N-dealkylation sites (N-methyl/N-ethyl adjacent to an activating group) is 5. The monoisotopic (exact) mass is 1710 g/mol. The molecule has 680 valence electrons. The zero-order chi connectivity index (χ0) is 91.9. The van der Waals surface area contributed by atoms with Crippen molar-refractivity contribution >= 4 is 77.4 Å². The molecular weight excluding hydrogens is 1570 g/mol. The van der Waals surface area contributed by atoms with Gasteiger partial charge >= 0.3 is 47.9 Å². The van der Waals surface area contributed by atoms with Crippen LogP contribution in [-0.2, 0) is 102 Å². The average molecular weight is 1710 g/mol. The molecule has 3 aromatic rings. The van der Waals surface area contributed by atoms with Gasteiger partial charge in [0.2, 0.25) is 29.5 Å². The van der Waals surface area contributed by atoms with Gasteiger partial charge in [-0.3, -0.25) is 73.2 Å². The Hall–Kier alpha value is -9.87. The summed E-state index contributed by atoms with van der Waals surface area (Å²) in [6.07, 6.45) is -0.772. The van der Waals surface area contributed by atoms with Gasteiger partial charge in [-0.05, 0) is 159 Å². The van der Waals surface area contributed by atoms with Gasteiger partial charge in [0.25, 0.3) is 0 Å². The molecular formula is C82H135N11O27. The third-order valence-corrected chi connectivity index (χ3v) is 15.4. The first kappa shape index (κ1) is 112. The molecule has 6 amide bonds. The molecule has 0 bridgehead atoms. The number of hydrogen-bond donors (Lipinski definition) is 15. The van der Waals surface area contributed by atoms with Crippen LogP contribution in [0.5, 0.6) is 0 Å². The SMILES string of the molecule is CC(C)(C)OCC(NC(=O)OCC1c2ccccc2-c2ccccc21)C(=O)O.CCNC(=O)C(CO)N(CC(=O)O)CC(=O)O.CCNC(=O)C(CO)NCC(=O)O.CCNC(=O)C(COC(C)(C)C)N(CC(=O)OCC)CC(=O)OCc1ccccc1.CCNC(=O)C(COC(C)(C)C)NCC(=O)OCC.CCNC(=O)C(N)COC(C)(C)C. The molecule has 0 aromatic heterocycles. The lowest BCUT2D eigenvalue weighted by molar-refractivity contribution is -0.154. The minimum atomic E-state index is -1.27. The number of carboxylic acid groups (broad SMARTS) is 4. The Bertz CT molecular complexity index is 3510. The summed E-state index contributed by atoms with van der Waals surface area (Å²) in [4.78, 5) is 151. The maximum absolute atomic E-state index is 12.7. The van der Waals surface area contributed by atoms with Crippen LogP contribution < -0.4 is 48.3 Å². The van der Waals surface area contributed by atoms with Crippen molar-refractivity contribution in [1.82, 2.24) is 52.3 Å². The molecule has 6 unspecified atom stereocenters. The van der Waals surface area contributed by atoms with E-state index in [1.54, 1.807) is 34.6 Å². The number of nitrogens with two attached hydrogens (primary N) is 1. The number of amides is 6. The molecule has 0 saturated carbocycles. The van der Waals surface area contributed by atoms with Gasteiger partial charge in [0.15, 0.2) is 6.04 Å². The summed E-state index contributed by atoms with van der Waals surface area (Å²) < 4.78 is 42.7. The Kier molecular flexibility index (Phi) is 56.6. The lowest BCUT2D eigenvalue weighted by atomic mass is 9.98. The molecule has 0 spiro atoms. The molecule has 4 rings (SSSR count). The number of carboxylic acids is 4. The Morgan fingerprint density at radius 1 is 0.408 bits per heavy atom. The van der Waals surface area contributed by atoms with Gasteiger partial charge in [-0.2, -0.15) is 0 Å². The molecule has 0 fully saturated rings. The third kappa shape index (κ3) is 52.9. The van der Waals surface area contributed by atoms with E-state index < -0.39 is 127 Å². The molecule has 0 aliphatic heterocycles. The van der Waals surface area contributed by atoms with Crippen LogP contribution >= 0.6 is 0 Å². The maximum Gasteiger partial charge on any atom is 0.407 e. The molecule has 6 atom stereocenters. The highest BCUT2D eigenvalue weighted by molar-refractivity contribution is 5.87. The van der Waals surface area contributed by atoms with Crippen molar-refractivity contribution in [2.75, 3.05) is 131 Å². The topological polar surface area (TPSA) is 546 Å². The highest BCUT2D eigenvalue weighted by Gasteiger charge is 2.35. The summed E-state index contributed by atoms with van der Waals surface area (Å²) in [5.74, 6) is -7.98. The second kappa shape index (κ2) is 60.6. The van der Waals surface area contributed by atoms with Gasteiger partial charge in [0, 0.05) is 38.6 Å². The fourth-order valence-corrected chi connectivity index (χ4v) is 9.88. The lowest BCUT2D eigenvalue weighted by Gasteiger charge is -2.31.